The first-order chi connectivity index (χ1) is 42.8. The van der Waals surface area contributed by atoms with Crippen LogP contribution in [0, 0.1) is 0 Å². The smallest absolute Gasteiger partial charge is 0.242 e. The summed E-state index contributed by atoms with van der Waals surface area (Å²) >= 11 is 34.2. The number of sulfonamides is 3. The Morgan fingerprint density at radius 1 is 0.444 bits per heavy atom. The molecule has 0 unspecified atom stereocenters. The highest BCUT2D eigenvalue weighted by atomic mass is 35.5. The van der Waals surface area contributed by atoms with E-state index in [0.717, 1.165) is 50.6 Å². The highest BCUT2D eigenvalue weighted by Crippen LogP contribution is 2.31. The van der Waals surface area contributed by atoms with Crippen LogP contribution in [0.25, 0.3) is 0 Å². The molecule has 33 heteroatoms. The standard InChI is InChI=1S/C23H28ClN7O2S.C12H19N3.C11H10Cl2N4O2S.C7H10N2O2S.C4HCl3N2/c1-25-34(32,33)21-6-4-3-5-20(21)28-22-19(24)15-26-23(29-22)27-18-9-7-17(8-10-18)16-31-13-11-30(2)12-14-31;1-14-6-8-15(9-7-14)10-11-2-4-12(13)5-3-11;1-14-20(18,19)9-5-3-2-4-8(9)16-10-7(12)6-15-11(13)17-10;1-9-12(10,11)7-5-3-2-4-6(7)8;5-2-1-8-4(7)9-3(2)6/h3-10,15,25H,11-14,16H2,1-2H3,(H2,26,27,28,29);2-5H,6-10,13H2,1H3;2-6,14H,1H3,(H,15,16,17);2-5,9H,8H2,1H3;1H. The van der Waals surface area contributed by atoms with Crippen LogP contribution in [0.4, 0.5) is 46.0 Å². The number of likely N-dealkylation sites (N-methyl/N-ethyl adjacent to an activating group) is 2. The maximum absolute atomic E-state index is 12.3. The number of nitrogens with two attached hydrogens (primary N) is 2. The van der Waals surface area contributed by atoms with Crippen molar-refractivity contribution < 1.29 is 25.3 Å². The SMILES string of the molecule is CN1CCN(Cc2ccc(N)cc2)CC1.CNS(=O)(=O)c1ccccc1N.CNS(=O)(=O)c1ccccc1Nc1nc(Cl)ncc1Cl.CNS(=O)(=O)c1ccccc1Nc1nc(Nc2ccc(CN3CCN(C)CC3)cc2)ncc1Cl.Clc1ncc(Cl)c(Cl)n1. The first-order valence-electron chi connectivity index (χ1n) is 27.2. The lowest BCUT2D eigenvalue weighted by atomic mass is 10.2. The molecular formula is C57H68Cl6N18O6S3. The van der Waals surface area contributed by atoms with Gasteiger partial charge in [-0.15, -0.1) is 0 Å². The number of hydrogen-bond donors (Lipinski definition) is 8. The second-order valence-corrected chi connectivity index (χ2v) is 27.4. The van der Waals surface area contributed by atoms with Crippen LogP contribution in [0.3, 0.4) is 0 Å². The van der Waals surface area contributed by atoms with E-state index in [9.17, 15) is 25.3 Å². The molecule has 2 fully saturated rings. The minimum Gasteiger partial charge on any atom is -0.399 e. The summed E-state index contributed by atoms with van der Waals surface area (Å²) in [6.45, 7) is 11.0. The molecule has 482 valence electrons. The van der Waals surface area contributed by atoms with Gasteiger partial charge >= 0.3 is 0 Å². The Hall–Kier alpha value is -6.35. The van der Waals surface area contributed by atoms with Gasteiger partial charge in [-0.3, -0.25) is 9.80 Å². The number of hydrogen-bond acceptors (Lipinski definition) is 21. The van der Waals surface area contributed by atoms with E-state index in [1.807, 2.05) is 24.3 Å². The molecule has 2 aliphatic rings. The van der Waals surface area contributed by atoms with E-state index in [2.05, 4.69) is 118 Å². The molecule has 0 aliphatic carbocycles. The number of anilines is 8. The van der Waals surface area contributed by atoms with Crippen LogP contribution in [0.15, 0.2) is 155 Å². The number of piperazine rings is 2. The number of halogens is 6. The third-order valence-corrected chi connectivity index (χ3v) is 19.2. The number of aromatic nitrogens is 6. The van der Waals surface area contributed by atoms with Crippen LogP contribution in [-0.4, -0.2) is 162 Å². The molecule has 0 bridgehead atoms. The third kappa shape index (κ3) is 22.8. The van der Waals surface area contributed by atoms with Gasteiger partial charge in [-0.05, 0) is 130 Å². The van der Waals surface area contributed by atoms with Gasteiger partial charge in [-0.1, -0.05) is 107 Å². The Labute approximate surface area is 555 Å². The van der Waals surface area contributed by atoms with Gasteiger partial charge in [0.1, 0.15) is 24.7 Å². The first-order valence-corrected chi connectivity index (χ1v) is 33.9. The molecule has 5 heterocycles. The topological polar surface area (TPSA) is 317 Å². The van der Waals surface area contributed by atoms with Crippen LogP contribution >= 0.6 is 69.6 Å². The third-order valence-electron chi connectivity index (χ3n) is 13.2. The predicted octanol–water partition coefficient (Wildman–Crippen LogP) is 9.34. The summed E-state index contributed by atoms with van der Waals surface area (Å²) < 4.78 is 77.7. The van der Waals surface area contributed by atoms with Gasteiger partial charge in [0.05, 0.1) is 40.7 Å². The number of rotatable bonds is 16. The van der Waals surface area contributed by atoms with E-state index >= 15 is 0 Å². The van der Waals surface area contributed by atoms with Crippen molar-refractivity contribution in [1.82, 2.24) is 63.7 Å². The second kappa shape index (κ2) is 34.9. The van der Waals surface area contributed by atoms with Crippen molar-refractivity contribution in [3.8, 4) is 0 Å². The fourth-order valence-electron chi connectivity index (χ4n) is 8.17. The molecule has 3 aromatic heterocycles. The van der Waals surface area contributed by atoms with E-state index in [1.54, 1.807) is 54.6 Å². The molecule has 24 nitrogen and oxygen atoms in total. The summed E-state index contributed by atoms with van der Waals surface area (Å²) in [6, 6.07) is 35.6. The van der Waals surface area contributed by atoms with Crippen LogP contribution in [-0.2, 0) is 43.2 Å². The number of benzene rings is 5. The maximum Gasteiger partial charge on any atom is 0.242 e. The van der Waals surface area contributed by atoms with E-state index < -0.39 is 30.1 Å². The van der Waals surface area contributed by atoms with Gasteiger partial charge in [0, 0.05) is 76.8 Å². The van der Waals surface area contributed by atoms with Gasteiger partial charge in [0.2, 0.25) is 46.6 Å². The molecule has 8 aromatic rings. The van der Waals surface area contributed by atoms with E-state index in [0.29, 0.717) is 28.2 Å². The minimum atomic E-state index is -3.66. The highest BCUT2D eigenvalue weighted by Gasteiger charge is 2.21. The lowest BCUT2D eigenvalue weighted by molar-refractivity contribution is 0.148. The van der Waals surface area contributed by atoms with E-state index in [1.165, 1.54) is 95.2 Å². The monoisotopic (exact) mass is 1410 g/mol. The first kappa shape index (κ1) is 72.7. The van der Waals surface area contributed by atoms with Crippen LogP contribution < -0.4 is 41.6 Å². The van der Waals surface area contributed by atoms with Crippen molar-refractivity contribution in [3.63, 3.8) is 0 Å². The minimum absolute atomic E-state index is 0.00542. The second-order valence-electron chi connectivity index (χ2n) is 19.6. The van der Waals surface area contributed by atoms with Crippen molar-refractivity contribution in [1.29, 1.82) is 0 Å². The zero-order valence-corrected chi connectivity index (χ0v) is 56.4. The molecule has 10 N–H and O–H groups in total. The van der Waals surface area contributed by atoms with Gasteiger partial charge in [-0.2, -0.15) is 9.97 Å². The summed E-state index contributed by atoms with van der Waals surface area (Å²) in [6.07, 6.45) is 4.14. The zero-order valence-electron chi connectivity index (χ0n) is 49.4. The average Bonchev–Trinajstić information content (AvgIpc) is 1.10. The Balaban J connectivity index is 0.000000195. The van der Waals surface area contributed by atoms with Crippen LogP contribution in [0.1, 0.15) is 11.1 Å². The van der Waals surface area contributed by atoms with Crippen LogP contribution in [0.5, 0.6) is 0 Å². The largest absolute Gasteiger partial charge is 0.399 e. The molecule has 10 rings (SSSR count). The lowest BCUT2D eigenvalue weighted by Gasteiger charge is -2.32. The number of nitrogens with zero attached hydrogens (tertiary/aromatic N) is 10. The zero-order chi connectivity index (χ0) is 65.6. The van der Waals surface area contributed by atoms with Gasteiger partial charge in [0.25, 0.3) is 0 Å². The molecule has 2 aliphatic heterocycles. The maximum atomic E-state index is 12.3. The van der Waals surface area contributed by atoms with Crippen molar-refractivity contribution >= 4 is 146 Å². The molecule has 2 saturated heterocycles. The molecule has 0 saturated carbocycles. The van der Waals surface area contributed by atoms with Crippen molar-refractivity contribution in [3.05, 3.63) is 182 Å². The van der Waals surface area contributed by atoms with Crippen LogP contribution in [0.2, 0.25) is 30.8 Å². The fraction of sp³-hybridized carbons (Fsp3) is 0.263. The molecule has 0 amide bonds. The molecular weight excluding hydrogens is 1340 g/mol. The molecule has 90 heavy (non-hydrogen) atoms. The number of nitrogen functional groups attached to an aromatic ring is 2. The molecule has 0 atom stereocenters. The average molecular weight is 1410 g/mol. The predicted molar refractivity (Wildman–Crippen MR) is 361 cm³/mol. The van der Waals surface area contributed by atoms with Gasteiger partial charge in [-0.25, -0.2) is 59.4 Å². The fourth-order valence-corrected chi connectivity index (χ4v) is 11.6. The van der Waals surface area contributed by atoms with E-state index in [-0.39, 0.29) is 52.0 Å². The van der Waals surface area contributed by atoms with Crippen molar-refractivity contribution in [2.75, 3.05) is 115 Å². The molecule has 0 radical (unpaired) electrons. The summed E-state index contributed by atoms with van der Waals surface area (Å²) in [5.41, 5.74) is 16.4. The summed E-state index contributed by atoms with van der Waals surface area (Å²) in [7, 11) is -2.29. The molecule has 5 aromatic carbocycles. The lowest BCUT2D eigenvalue weighted by Crippen LogP contribution is -2.43. The Morgan fingerprint density at radius 2 is 0.833 bits per heavy atom. The molecule has 0 spiro atoms. The quantitative estimate of drug-likeness (QED) is 0.0254. The number of nitrogens with one attached hydrogen (secondary N) is 6. The Bertz CT molecular complexity index is 3970. The Morgan fingerprint density at radius 3 is 1.28 bits per heavy atom. The summed E-state index contributed by atoms with van der Waals surface area (Å²) in [5, 5.41) is 10.1. The summed E-state index contributed by atoms with van der Waals surface area (Å²) in [4.78, 5) is 33.4. The van der Waals surface area contributed by atoms with Gasteiger partial charge in [0.15, 0.2) is 16.8 Å². The van der Waals surface area contributed by atoms with E-state index in [4.69, 9.17) is 81.1 Å². The Kier molecular flexibility index (Phi) is 28.2. The summed E-state index contributed by atoms with van der Waals surface area (Å²) in [5.74, 6) is 0.864. The number of para-hydroxylation sites is 3. The van der Waals surface area contributed by atoms with Gasteiger partial charge < -0.3 is 37.2 Å². The normalized spacial score (nSPS) is 14.0. The van der Waals surface area contributed by atoms with Crippen molar-refractivity contribution in [2.24, 2.45) is 0 Å². The highest BCUT2D eigenvalue weighted by molar-refractivity contribution is 7.90. The van der Waals surface area contributed by atoms with Crippen molar-refractivity contribution in [2.45, 2.75) is 27.8 Å².